The van der Waals surface area contributed by atoms with E-state index in [1.807, 2.05) is 4.90 Å². The SMILES string of the molecule is CC1CCN(C(=O)/C(C#N)=C\N2CC(C)CC(C)C2)CC1. The first-order chi connectivity index (χ1) is 9.99. The van der Waals surface area contributed by atoms with Gasteiger partial charge in [-0.25, -0.2) is 0 Å². The lowest BCUT2D eigenvalue weighted by Crippen LogP contribution is -2.40. The van der Waals surface area contributed by atoms with Gasteiger partial charge in [-0.15, -0.1) is 0 Å². The van der Waals surface area contributed by atoms with E-state index in [9.17, 15) is 10.1 Å². The lowest BCUT2D eigenvalue weighted by Gasteiger charge is -2.35. The van der Waals surface area contributed by atoms with Crippen LogP contribution in [0.25, 0.3) is 0 Å². The summed E-state index contributed by atoms with van der Waals surface area (Å²) in [4.78, 5) is 16.5. The third-order valence-electron chi connectivity index (χ3n) is 4.63. The van der Waals surface area contributed by atoms with E-state index in [-0.39, 0.29) is 5.91 Å². The molecule has 2 saturated heterocycles. The minimum absolute atomic E-state index is 0.0877. The molecule has 2 fully saturated rings. The Bertz CT molecular complexity index is 433. The van der Waals surface area contributed by atoms with Crippen molar-refractivity contribution in [3.05, 3.63) is 11.8 Å². The molecule has 0 aromatic carbocycles. The Balaban J connectivity index is 2.03. The summed E-state index contributed by atoms with van der Waals surface area (Å²) in [6.07, 6.45) is 5.11. The fourth-order valence-electron chi connectivity index (χ4n) is 3.51. The minimum Gasteiger partial charge on any atom is -0.376 e. The maximum Gasteiger partial charge on any atom is 0.266 e. The highest BCUT2D eigenvalue weighted by molar-refractivity contribution is 5.97. The molecule has 0 aliphatic carbocycles. The molecular formula is C17H27N3O. The summed E-state index contributed by atoms with van der Waals surface area (Å²) in [5.74, 6) is 1.84. The molecule has 0 N–H and O–H groups in total. The Morgan fingerprint density at radius 3 is 2.19 bits per heavy atom. The Morgan fingerprint density at radius 1 is 1.10 bits per heavy atom. The van der Waals surface area contributed by atoms with Gasteiger partial charge in [-0.2, -0.15) is 5.26 Å². The predicted octanol–water partition coefficient (Wildman–Crippen LogP) is 2.63. The van der Waals surface area contributed by atoms with Crippen LogP contribution < -0.4 is 0 Å². The van der Waals surface area contributed by atoms with Gasteiger partial charge >= 0.3 is 0 Å². The minimum atomic E-state index is -0.0877. The van der Waals surface area contributed by atoms with Gasteiger partial charge in [0, 0.05) is 32.4 Å². The van der Waals surface area contributed by atoms with Crippen LogP contribution in [0.15, 0.2) is 11.8 Å². The Morgan fingerprint density at radius 2 is 1.67 bits per heavy atom. The molecule has 1 amide bonds. The number of carbonyl (C=O) groups excluding carboxylic acids is 1. The second-order valence-corrected chi connectivity index (χ2v) is 7.03. The molecule has 21 heavy (non-hydrogen) atoms. The van der Waals surface area contributed by atoms with E-state index >= 15 is 0 Å². The lowest BCUT2D eigenvalue weighted by molar-refractivity contribution is -0.128. The van der Waals surface area contributed by atoms with Gasteiger partial charge in [-0.1, -0.05) is 20.8 Å². The van der Waals surface area contributed by atoms with E-state index in [0.717, 1.165) is 39.0 Å². The molecule has 0 aromatic heterocycles. The van der Waals surface area contributed by atoms with Crippen LogP contribution in [0.4, 0.5) is 0 Å². The van der Waals surface area contributed by atoms with Crippen LogP contribution in [0.2, 0.25) is 0 Å². The molecule has 0 bridgehead atoms. The number of rotatable bonds is 2. The highest BCUT2D eigenvalue weighted by Crippen LogP contribution is 2.22. The van der Waals surface area contributed by atoms with Gasteiger partial charge in [0.15, 0.2) is 0 Å². The van der Waals surface area contributed by atoms with Crippen molar-refractivity contribution in [2.45, 2.75) is 40.0 Å². The number of likely N-dealkylation sites (tertiary alicyclic amines) is 2. The lowest BCUT2D eigenvalue weighted by atomic mass is 9.92. The molecule has 0 saturated carbocycles. The molecule has 2 rings (SSSR count). The maximum absolute atomic E-state index is 12.5. The van der Waals surface area contributed by atoms with Gasteiger partial charge < -0.3 is 9.80 Å². The molecule has 4 nitrogen and oxygen atoms in total. The molecule has 2 aliphatic heterocycles. The summed E-state index contributed by atoms with van der Waals surface area (Å²) >= 11 is 0. The number of nitriles is 1. The molecular weight excluding hydrogens is 262 g/mol. The number of piperidine rings is 2. The van der Waals surface area contributed by atoms with E-state index in [0.29, 0.717) is 23.3 Å². The summed E-state index contributed by atoms with van der Waals surface area (Å²) in [5.41, 5.74) is 0.297. The molecule has 2 unspecified atom stereocenters. The second-order valence-electron chi connectivity index (χ2n) is 7.03. The van der Waals surface area contributed by atoms with Gasteiger partial charge in [0.2, 0.25) is 0 Å². The summed E-state index contributed by atoms with van der Waals surface area (Å²) in [5, 5.41) is 9.35. The van der Waals surface area contributed by atoms with Crippen LogP contribution >= 0.6 is 0 Å². The molecule has 2 atom stereocenters. The van der Waals surface area contributed by atoms with Crippen molar-refractivity contribution in [2.24, 2.45) is 17.8 Å². The third kappa shape index (κ3) is 4.23. The summed E-state index contributed by atoms with van der Waals surface area (Å²) < 4.78 is 0. The van der Waals surface area contributed by atoms with Gasteiger partial charge in [0.05, 0.1) is 0 Å². The van der Waals surface area contributed by atoms with Crippen molar-refractivity contribution in [3.63, 3.8) is 0 Å². The quantitative estimate of drug-likeness (QED) is 0.580. The molecule has 2 heterocycles. The normalized spacial score (nSPS) is 28.4. The first-order valence-electron chi connectivity index (χ1n) is 8.14. The highest BCUT2D eigenvalue weighted by atomic mass is 16.2. The maximum atomic E-state index is 12.5. The molecule has 0 radical (unpaired) electrons. The molecule has 116 valence electrons. The summed E-state index contributed by atoms with van der Waals surface area (Å²) in [6.45, 7) is 10.1. The fourth-order valence-corrected chi connectivity index (χ4v) is 3.51. The van der Waals surface area contributed by atoms with E-state index < -0.39 is 0 Å². The molecule has 0 aromatic rings. The van der Waals surface area contributed by atoms with Crippen LogP contribution in [-0.2, 0) is 4.79 Å². The van der Waals surface area contributed by atoms with Gasteiger partial charge in [0.1, 0.15) is 11.6 Å². The number of hydrogen-bond acceptors (Lipinski definition) is 3. The second kappa shape index (κ2) is 6.98. The van der Waals surface area contributed by atoms with Crippen LogP contribution in [0.3, 0.4) is 0 Å². The van der Waals surface area contributed by atoms with Crippen molar-refractivity contribution in [2.75, 3.05) is 26.2 Å². The van der Waals surface area contributed by atoms with Crippen LogP contribution in [0, 0.1) is 29.1 Å². The van der Waals surface area contributed by atoms with Crippen LogP contribution in [0.1, 0.15) is 40.0 Å². The van der Waals surface area contributed by atoms with Crippen molar-refractivity contribution < 1.29 is 4.79 Å². The van der Waals surface area contributed by atoms with Gasteiger partial charge in [-0.05, 0) is 37.0 Å². The average molecular weight is 289 g/mol. The highest BCUT2D eigenvalue weighted by Gasteiger charge is 2.25. The fraction of sp³-hybridized carbons (Fsp3) is 0.765. The molecule has 4 heteroatoms. The van der Waals surface area contributed by atoms with E-state index in [4.69, 9.17) is 0 Å². The first kappa shape index (κ1) is 15.9. The average Bonchev–Trinajstić information content (AvgIpc) is 2.44. The van der Waals surface area contributed by atoms with Crippen molar-refractivity contribution in [3.8, 4) is 6.07 Å². The predicted molar refractivity (Wildman–Crippen MR) is 83.2 cm³/mol. The third-order valence-corrected chi connectivity index (χ3v) is 4.63. The van der Waals surface area contributed by atoms with E-state index in [2.05, 4.69) is 31.7 Å². The number of amides is 1. The van der Waals surface area contributed by atoms with Crippen LogP contribution in [0.5, 0.6) is 0 Å². The number of hydrogen-bond donors (Lipinski definition) is 0. The van der Waals surface area contributed by atoms with E-state index in [1.54, 1.807) is 6.20 Å². The summed E-state index contributed by atoms with van der Waals surface area (Å²) in [6, 6.07) is 2.12. The zero-order valence-corrected chi connectivity index (χ0v) is 13.5. The van der Waals surface area contributed by atoms with E-state index in [1.165, 1.54) is 6.42 Å². The number of carbonyl (C=O) groups is 1. The first-order valence-corrected chi connectivity index (χ1v) is 8.14. The van der Waals surface area contributed by atoms with Crippen LogP contribution in [-0.4, -0.2) is 41.9 Å². The summed E-state index contributed by atoms with van der Waals surface area (Å²) in [7, 11) is 0. The zero-order valence-electron chi connectivity index (χ0n) is 13.5. The standard InChI is InChI=1S/C17H27N3O/c1-13-4-6-20(7-5-13)17(21)16(9-18)12-19-10-14(2)8-15(3)11-19/h12-15H,4-8,10-11H2,1-3H3/b16-12-. The van der Waals surface area contributed by atoms with Gasteiger partial charge in [0.25, 0.3) is 5.91 Å². The Kier molecular flexibility index (Phi) is 5.27. The monoisotopic (exact) mass is 289 g/mol. The molecule has 0 spiro atoms. The van der Waals surface area contributed by atoms with Crippen molar-refractivity contribution >= 4 is 5.91 Å². The van der Waals surface area contributed by atoms with Gasteiger partial charge in [-0.3, -0.25) is 4.79 Å². The van der Waals surface area contributed by atoms with Crippen molar-refractivity contribution in [1.82, 2.24) is 9.80 Å². The topological polar surface area (TPSA) is 47.3 Å². The Hall–Kier alpha value is -1.50. The Labute approximate surface area is 128 Å². The largest absolute Gasteiger partial charge is 0.376 e. The molecule has 2 aliphatic rings. The zero-order chi connectivity index (χ0) is 15.4. The van der Waals surface area contributed by atoms with Crippen molar-refractivity contribution in [1.29, 1.82) is 5.26 Å². The smallest absolute Gasteiger partial charge is 0.266 e. The number of nitrogens with zero attached hydrogens (tertiary/aromatic N) is 3.